The number of esters is 1. The van der Waals surface area contributed by atoms with Crippen molar-refractivity contribution in [3.05, 3.63) is 80.0 Å². The standard InChI is InChI=1S/C19H14N4O6/c1-11-16(19(24)29-2)17(12-6-5-7-13(10-12)22(25)26)21-18(20-11)14-8-3-4-9-15(14)23(27)28/h3-10H,1-2H3. The number of para-hydroxylation sites is 1. The summed E-state index contributed by atoms with van der Waals surface area (Å²) in [6.45, 7) is 1.53. The van der Waals surface area contributed by atoms with Crippen LogP contribution in [0.2, 0.25) is 0 Å². The SMILES string of the molecule is COC(=O)c1c(C)nc(-c2ccccc2[N+](=O)[O-])nc1-c1cccc([N+](=O)[O-])c1. The van der Waals surface area contributed by atoms with E-state index in [2.05, 4.69) is 9.97 Å². The number of nitro groups is 2. The Hall–Kier alpha value is -4.21. The van der Waals surface area contributed by atoms with Crippen molar-refractivity contribution in [1.29, 1.82) is 0 Å². The molecule has 1 aromatic heterocycles. The zero-order valence-corrected chi connectivity index (χ0v) is 15.4. The molecule has 0 bridgehead atoms. The third-order valence-electron chi connectivity index (χ3n) is 4.15. The van der Waals surface area contributed by atoms with Crippen LogP contribution in [0.4, 0.5) is 11.4 Å². The number of non-ortho nitro benzene ring substituents is 1. The first kappa shape index (κ1) is 19.5. The second-order valence-electron chi connectivity index (χ2n) is 5.93. The van der Waals surface area contributed by atoms with Crippen LogP contribution in [0, 0.1) is 27.2 Å². The van der Waals surface area contributed by atoms with E-state index in [9.17, 15) is 25.0 Å². The molecule has 0 aliphatic rings. The zero-order chi connectivity index (χ0) is 21.1. The number of nitrogens with zero attached hydrogens (tertiary/aromatic N) is 4. The van der Waals surface area contributed by atoms with E-state index in [1.54, 1.807) is 12.1 Å². The van der Waals surface area contributed by atoms with Crippen LogP contribution < -0.4 is 0 Å². The number of aromatic nitrogens is 2. The number of carbonyl (C=O) groups excluding carboxylic acids is 1. The summed E-state index contributed by atoms with van der Waals surface area (Å²) < 4.78 is 4.80. The average molecular weight is 394 g/mol. The van der Waals surface area contributed by atoms with Gasteiger partial charge in [-0.1, -0.05) is 24.3 Å². The smallest absolute Gasteiger partial charge is 0.341 e. The molecule has 29 heavy (non-hydrogen) atoms. The van der Waals surface area contributed by atoms with Gasteiger partial charge in [-0.2, -0.15) is 0 Å². The first-order chi connectivity index (χ1) is 13.8. The van der Waals surface area contributed by atoms with Crippen LogP contribution in [-0.4, -0.2) is 32.9 Å². The van der Waals surface area contributed by atoms with Crippen LogP contribution in [0.5, 0.6) is 0 Å². The molecular weight excluding hydrogens is 380 g/mol. The number of hydrogen-bond donors (Lipinski definition) is 0. The van der Waals surface area contributed by atoms with Crippen molar-refractivity contribution in [3.8, 4) is 22.6 Å². The topological polar surface area (TPSA) is 138 Å². The van der Waals surface area contributed by atoms with Gasteiger partial charge in [0.05, 0.1) is 33.9 Å². The summed E-state index contributed by atoms with van der Waals surface area (Å²) in [5.41, 5.74) is 0.371. The molecule has 0 spiro atoms. The van der Waals surface area contributed by atoms with Gasteiger partial charge in [-0.3, -0.25) is 20.2 Å². The molecule has 0 saturated heterocycles. The molecule has 0 unspecified atom stereocenters. The molecule has 0 aliphatic heterocycles. The summed E-state index contributed by atoms with van der Waals surface area (Å²) in [6, 6.07) is 11.5. The molecule has 146 valence electrons. The molecule has 2 aromatic carbocycles. The highest BCUT2D eigenvalue weighted by Gasteiger charge is 2.24. The Bertz CT molecular complexity index is 1150. The minimum absolute atomic E-state index is 0.0176. The van der Waals surface area contributed by atoms with E-state index in [-0.39, 0.29) is 45.3 Å². The first-order valence-electron chi connectivity index (χ1n) is 8.29. The van der Waals surface area contributed by atoms with Gasteiger partial charge < -0.3 is 4.74 Å². The largest absolute Gasteiger partial charge is 0.465 e. The third kappa shape index (κ3) is 3.76. The van der Waals surface area contributed by atoms with Crippen LogP contribution in [-0.2, 0) is 4.74 Å². The fourth-order valence-electron chi connectivity index (χ4n) is 2.84. The fourth-order valence-corrected chi connectivity index (χ4v) is 2.84. The van der Waals surface area contributed by atoms with Crippen molar-refractivity contribution < 1.29 is 19.4 Å². The maximum Gasteiger partial charge on any atom is 0.341 e. The lowest BCUT2D eigenvalue weighted by molar-refractivity contribution is -0.384. The predicted molar refractivity (Wildman–Crippen MR) is 102 cm³/mol. The van der Waals surface area contributed by atoms with Gasteiger partial charge >= 0.3 is 5.97 Å². The second kappa shape index (κ2) is 7.80. The number of hydrogen-bond acceptors (Lipinski definition) is 8. The maximum atomic E-state index is 12.3. The van der Waals surface area contributed by atoms with Gasteiger partial charge in [0.2, 0.25) is 0 Å². The molecule has 0 N–H and O–H groups in total. The molecule has 0 fully saturated rings. The van der Waals surface area contributed by atoms with E-state index >= 15 is 0 Å². The van der Waals surface area contributed by atoms with Crippen molar-refractivity contribution in [2.45, 2.75) is 6.92 Å². The highest BCUT2D eigenvalue weighted by atomic mass is 16.6. The number of aryl methyl sites for hydroxylation is 1. The second-order valence-corrected chi connectivity index (χ2v) is 5.93. The number of carbonyl (C=O) groups is 1. The molecule has 10 heteroatoms. The van der Waals surface area contributed by atoms with Crippen LogP contribution in [0.3, 0.4) is 0 Å². The van der Waals surface area contributed by atoms with Crippen LogP contribution in [0.25, 0.3) is 22.6 Å². The van der Waals surface area contributed by atoms with Crippen molar-refractivity contribution in [3.63, 3.8) is 0 Å². The summed E-state index contributed by atoms with van der Waals surface area (Å²) in [7, 11) is 1.19. The molecular formula is C19H14N4O6. The van der Waals surface area contributed by atoms with Gasteiger partial charge in [-0.25, -0.2) is 14.8 Å². The molecule has 3 aromatic rings. The molecule has 0 radical (unpaired) electrons. The monoisotopic (exact) mass is 394 g/mol. The van der Waals surface area contributed by atoms with E-state index < -0.39 is 15.8 Å². The number of ether oxygens (including phenoxy) is 1. The minimum Gasteiger partial charge on any atom is -0.465 e. The molecule has 3 rings (SSSR count). The third-order valence-corrected chi connectivity index (χ3v) is 4.15. The fraction of sp³-hybridized carbons (Fsp3) is 0.105. The van der Waals surface area contributed by atoms with Crippen molar-refractivity contribution in [2.24, 2.45) is 0 Å². The Balaban J connectivity index is 2.32. The van der Waals surface area contributed by atoms with E-state index in [0.717, 1.165) is 0 Å². The van der Waals surface area contributed by atoms with Crippen molar-refractivity contribution in [2.75, 3.05) is 7.11 Å². The van der Waals surface area contributed by atoms with Crippen molar-refractivity contribution >= 4 is 17.3 Å². The predicted octanol–water partition coefficient (Wildman–Crippen LogP) is 3.72. The van der Waals surface area contributed by atoms with E-state index in [1.807, 2.05) is 0 Å². The summed E-state index contributed by atoms with van der Waals surface area (Å²) in [5.74, 6) is -0.706. The molecule has 1 heterocycles. The first-order valence-corrected chi connectivity index (χ1v) is 8.29. The van der Waals surface area contributed by atoms with Gasteiger partial charge in [0, 0.05) is 23.8 Å². The Morgan fingerprint density at radius 2 is 1.72 bits per heavy atom. The van der Waals surface area contributed by atoms with Gasteiger partial charge in [0.15, 0.2) is 5.82 Å². The molecule has 0 saturated carbocycles. The summed E-state index contributed by atoms with van der Waals surface area (Å²) in [6.07, 6.45) is 0. The van der Waals surface area contributed by atoms with Crippen LogP contribution >= 0.6 is 0 Å². The van der Waals surface area contributed by atoms with Gasteiger partial charge in [0.1, 0.15) is 5.56 Å². The number of methoxy groups -OCH3 is 1. The van der Waals surface area contributed by atoms with E-state index in [4.69, 9.17) is 4.74 Å². The number of benzene rings is 2. The van der Waals surface area contributed by atoms with E-state index in [1.165, 1.54) is 50.4 Å². The molecule has 0 aliphatic carbocycles. The van der Waals surface area contributed by atoms with Crippen molar-refractivity contribution in [1.82, 2.24) is 9.97 Å². The highest BCUT2D eigenvalue weighted by molar-refractivity contribution is 5.97. The molecule has 0 atom stereocenters. The lowest BCUT2D eigenvalue weighted by Gasteiger charge is -2.12. The Morgan fingerprint density at radius 3 is 2.38 bits per heavy atom. The van der Waals surface area contributed by atoms with Gasteiger partial charge in [-0.15, -0.1) is 0 Å². The Kier molecular flexibility index (Phi) is 5.26. The Labute approximate surface area is 164 Å². The van der Waals surface area contributed by atoms with E-state index in [0.29, 0.717) is 0 Å². The zero-order valence-electron chi connectivity index (χ0n) is 15.4. The highest BCUT2D eigenvalue weighted by Crippen LogP contribution is 2.32. The normalized spacial score (nSPS) is 10.4. The number of rotatable bonds is 5. The minimum atomic E-state index is -0.724. The quantitative estimate of drug-likeness (QED) is 0.362. The summed E-state index contributed by atoms with van der Waals surface area (Å²) >= 11 is 0. The maximum absolute atomic E-state index is 12.3. The summed E-state index contributed by atoms with van der Waals surface area (Å²) in [4.78, 5) is 42.3. The Morgan fingerprint density at radius 1 is 1.00 bits per heavy atom. The van der Waals surface area contributed by atoms with Gasteiger partial charge in [-0.05, 0) is 13.0 Å². The molecule has 10 nitrogen and oxygen atoms in total. The average Bonchev–Trinajstić information content (AvgIpc) is 2.72. The van der Waals surface area contributed by atoms with Crippen LogP contribution in [0.1, 0.15) is 16.1 Å². The molecule has 0 amide bonds. The lowest BCUT2D eigenvalue weighted by Crippen LogP contribution is -2.11. The van der Waals surface area contributed by atoms with Gasteiger partial charge in [0.25, 0.3) is 11.4 Å². The van der Waals surface area contributed by atoms with Crippen LogP contribution in [0.15, 0.2) is 48.5 Å². The summed E-state index contributed by atoms with van der Waals surface area (Å²) in [5, 5.41) is 22.5. The lowest BCUT2D eigenvalue weighted by atomic mass is 10.0. The number of nitro benzene ring substituents is 2.